The number of fused-ring (bicyclic) bond motifs is 1. The Labute approximate surface area is 190 Å². The zero-order valence-corrected chi connectivity index (χ0v) is 18.5. The average Bonchev–Trinajstić information content (AvgIpc) is 3.19. The van der Waals surface area contributed by atoms with Crippen LogP contribution in [0.15, 0.2) is 61.1 Å². The Kier molecular flexibility index (Phi) is 6.09. The summed E-state index contributed by atoms with van der Waals surface area (Å²) in [5, 5.41) is 3.75. The standard InChI is InChI=1S/C25H24F2N4O2/c1-25(2,3)33-24(32)31-21(11-15-9-18(26)13-19(27)10-15)22-20(5-4-7-28-22)17-12-16-6-8-29-23(16)30-14-17/h4-10,12-14,21H,11H2,1-3H3,(H,29,30)(H,31,32). The summed E-state index contributed by atoms with van der Waals surface area (Å²) in [6, 6.07) is 10.1. The van der Waals surface area contributed by atoms with E-state index in [4.69, 9.17) is 4.74 Å². The molecule has 170 valence electrons. The largest absolute Gasteiger partial charge is 0.444 e. The highest BCUT2D eigenvalue weighted by Gasteiger charge is 2.24. The van der Waals surface area contributed by atoms with Gasteiger partial charge >= 0.3 is 6.09 Å². The number of halogens is 2. The van der Waals surface area contributed by atoms with Gasteiger partial charge in [0.05, 0.1) is 11.7 Å². The van der Waals surface area contributed by atoms with Crippen LogP contribution in [0.5, 0.6) is 0 Å². The van der Waals surface area contributed by atoms with Crippen molar-refractivity contribution in [3.8, 4) is 11.1 Å². The van der Waals surface area contributed by atoms with Gasteiger partial charge in [-0.3, -0.25) is 4.98 Å². The second-order valence-electron chi connectivity index (χ2n) is 8.76. The highest BCUT2D eigenvalue weighted by Crippen LogP contribution is 2.30. The molecule has 0 aliphatic carbocycles. The third kappa shape index (κ3) is 5.52. The smallest absolute Gasteiger partial charge is 0.408 e. The van der Waals surface area contributed by atoms with E-state index in [-0.39, 0.29) is 6.42 Å². The number of rotatable bonds is 5. The number of aromatic nitrogens is 3. The summed E-state index contributed by atoms with van der Waals surface area (Å²) in [7, 11) is 0. The summed E-state index contributed by atoms with van der Waals surface area (Å²) in [5.41, 5.74) is 2.49. The van der Waals surface area contributed by atoms with E-state index in [1.165, 1.54) is 12.1 Å². The maximum absolute atomic E-state index is 13.8. The fourth-order valence-electron chi connectivity index (χ4n) is 3.66. The van der Waals surface area contributed by atoms with Gasteiger partial charge < -0.3 is 15.0 Å². The molecule has 33 heavy (non-hydrogen) atoms. The van der Waals surface area contributed by atoms with Crippen LogP contribution in [0.25, 0.3) is 22.2 Å². The van der Waals surface area contributed by atoms with E-state index in [0.29, 0.717) is 11.3 Å². The van der Waals surface area contributed by atoms with E-state index >= 15 is 0 Å². The fourth-order valence-corrected chi connectivity index (χ4v) is 3.66. The predicted molar refractivity (Wildman–Crippen MR) is 121 cm³/mol. The summed E-state index contributed by atoms with van der Waals surface area (Å²) in [6.45, 7) is 5.27. The molecule has 1 aromatic carbocycles. The second kappa shape index (κ2) is 8.97. The summed E-state index contributed by atoms with van der Waals surface area (Å²) >= 11 is 0. The highest BCUT2D eigenvalue weighted by molar-refractivity contribution is 5.82. The molecule has 0 aliphatic rings. The number of hydrogen-bond acceptors (Lipinski definition) is 4. The first-order valence-electron chi connectivity index (χ1n) is 10.5. The molecule has 0 saturated carbocycles. The van der Waals surface area contributed by atoms with Crippen molar-refractivity contribution in [1.82, 2.24) is 20.3 Å². The molecule has 2 N–H and O–H groups in total. The highest BCUT2D eigenvalue weighted by atomic mass is 19.1. The number of nitrogens with zero attached hydrogens (tertiary/aromatic N) is 2. The minimum Gasteiger partial charge on any atom is -0.444 e. The number of H-pyrrole nitrogens is 1. The van der Waals surface area contributed by atoms with E-state index in [0.717, 1.165) is 28.2 Å². The zero-order chi connectivity index (χ0) is 23.6. The van der Waals surface area contributed by atoms with Crippen molar-refractivity contribution in [2.75, 3.05) is 0 Å². The van der Waals surface area contributed by atoms with E-state index in [1.54, 1.807) is 45.4 Å². The number of benzene rings is 1. The van der Waals surface area contributed by atoms with Gasteiger partial charge in [-0.25, -0.2) is 18.6 Å². The van der Waals surface area contributed by atoms with Crippen LogP contribution in [0.4, 0.5) is 13.6 Å². The average molecular weight is 450 g/mol. The Bertz CT molecular complexity index is 1280. The van der Waals surface area contributed by atoms with Crippen LogP contribution >= 0.6 is 0 Å². The molecule has 3 heterocycles. The van der Waals surface area contributed by atoms with E-state index < -0.39 is 29.4 Å². The zero-order valence-electron chi connectivity index (χ0n) is 18.5. The second-order valence-corrected chi connectivity index (χ2v) is 8.76. The summed E-state index contributed by atoms with van der Waals surface area (Å²) < 4.78 is 33.1. The third-order valence-electron chi connectivity index (χ3n) is 4.93. The van der Waals surface area contributed by atoms with Crippen LogP contribution in [0.3, 0.4) is 0 Å². The quantitative estimate of drug-likeness (QED) is 0.408. The summed E-state index contributed by atoms with van der Waals surface area (Å²) in [6.07, 6.45) is 4.58. The number of hydrogen-bond donors (Lipinski definition) is 2. The van der Waals surface area contributed by atoms with Gasteiger partial charge in [-0.05, 0) is 63.1 Å². The van der Waals surface area contributed by atoms with Crippen LogP contribution in [-0.2, 0) is 11.2 Å². The number of carbonyl (C=O) groups is 1. The van der Waals surface area contributed by atoms with Crippen LogP contribution in [0, 0.1) is 11.6 Å². The van der Waals surface area contributed by atoms with Crippen LogP contribution in [0.1, 0.15) is 38.1 Å². The lowest BCUT2D eigenvalue weighted by Gasteiger charge is -2.25. The molecule has 1 unspecified atom stereocenters. The number of carbonyl (C=O) groups excluding carboxylic acids is 1. The van der Waals surface area contributed by atoms with E-state index in [2.05, 4.69) is 20.3 Å². The minimum absolute atomic E-state index is 0.109. The van der Waals surface area contributed by atoms with Gasteiger partial charge in [0.25, 0.3) is 0 Å². The molecular formula is C25H24F2N4O2. The Balaban J connectivity index is 1.75. The minimum atomic E-state index is -0.713. The van der Waals surface area contributed by atoms with Crippen molar-refractivity contribution in [3.05, 3.63) is 83.9 Å². The molecule has 0 fully saturated rings. The van der Waals surface area contributed by atoms with Crippen molar-refractivity contribution >= 4 is 17.1 Å². The fraction of sp³-hybridized carbons (Fsp3) is 0.240. The SMILES string of the molecule is CC(C)(C)OC(=O)NC(Cc1cc(F)cc(F)c1)c1ncccc1-c1cnc2[nH]ccc2c1. The number of alkyl carbamates (subject to hydrolysis) is 1. The molecular weight excluding hydrogens is 426 g/mol. The van der Waals surface area contributed by atoms with Gasteiger partial charge in [-0.2, -0.15) is 0 Å². The molecule has 3 aromatic heterocycles. The summed E-state index contributed by atoms with van der Waals surface area (Å²) in [4.78, 5) is 24.6. The molecule has 4 rings (SSSR count). The molecule has 1 atom stereocenters. The first-order chi connectivity index (χ1) is 15.7. The third-order valence-corrected chi connectivity index (χ3v) is 4.93. The maximum atomic E-state index is 13.8. The van der Waals surface area contributed by atoms with Crippen LogP contribution in [-0.4, -0.2) is 26.6 Å². The molecule has 0 aliphatic heterocycles. The van der Waals surface area contributed by atoms with Gasteiger partial charge in [-0.1, -0.05) is 6.07 Å². The predicted octanol–water partition coefficient (Wildman–Crippen LogP) is 5.71. The lowest BCUT2D eigenvalue weighted by atomic mass is 9.96. The van der Waals surface area contributed by atoms with Gasteiger partial charge in [0.1, 0.15) is 22.9 Å². The van der Waals surface area contributed by atoms with Crippen LogP contribution < -0.4 is 5.32 Å². The molecule has 0 radical (unpaired) electrons. The molecule has 4 aromatic rings. The van der Waals surface area contributed by atoms with Crippen molar-refractivity contribution in [2.45, 2.75) is 38.8 Å². The number of nitrogens with one attached hydrogen (secondary N) is 2. The number of aromatic amines is 1. The van der Waals surface area contributed by atoms with Gasteiger partial charge in [0.2, 0.25) is 0 Å². The Morgan fingerprint density at radius 2 is 1.88 bits per heavy atom. The van der Waals surface area contributed by atoms with E-state index in [9.17, 15) is 13.6 Å². The first kappa shape index (κ1) is 22.4. The molecule has 6 nitrogen and oxygen atoms in total. The lowest BCUT2D eigenvalue weighted by Crippen LogP contribution is -2.36. The monoisotopic (exact) mass is 450 g/mol. The van der Waals surface area contributed by atoms with Gasteiger partial charge in [0.15, 0.2) is 0 Å². The normalized spacial score (nSPS) is 12.5. The van der Waals surface area contributed by atoms with Gasteiger partial charge in [-0.15, -0.1) is 0 Å². The Morgan fingerprint density at radius 3 is 2.61 bits per heavy atom. The number of pyridine rings is 2. The lowest BCUT2D eigenvalue weighted by molar-refractivity contribution is 0.0502. The Morgan fingerprint density at radius 1 is 1.12 bits per heavy atom. The number of ether oxygens (including phenoxy) is 1. The maximum Gasteiger partial charge on any atom is 0.408 e. The van der Waals surface area contributed by atoms with Crippen molar-refractivity contribution < 1.29 is 18.3 Å². The molecule has 0 bridgehead atoms. The van der Waals surface area contributed by atoms with Crippen molar-refractivity contribution in [3.63, 3.8) is 0 Å². The Hall–Kier alpha value is -3.81. The van der Waals surface area contributed by atoms with Crippen molar-refractivity contribution in [1.29, 1.82) is 0 Å². The topological polar surface area (TPSA) is 79.9 Å². The first-order valence-corrected chi connectivity index (χ1v) is 10.5. The van der Waals surface area contributed by atoms with Crippen LogP contribution in [0.2, 0.25) is 0 Å². The van der Waals surface area contributed by atoms with Crippen molar-refractivity contribution in [2.24, 2.45) is 0 Å². The molecule has 1 amide bonds. The van der Waals surface area contributed by atoms with E-state index in [1.807, 2.05) is 18.2 Å². The number of amides is 1. The summed E-state index contributed by atoms with van der Waals surface area (Å²) in [5.74, 6) is -1.38. The van der Waals surface area contributed by atoms with Gasteiger partial charge in [0, 0.05) is 41.2 Å². The molecule has 0 saturated heterocycles. The molecule has 0 spiro atoms. The molecule has 8 heteroatoms.